The fraction of sp³-hybridized carbons (Fsp3) is 0.875. The number of unbranched alkanes of at least 4 members (excludes halogenated alkanes) is 4. The molecule has 0 fully saturated rings. The number of hydrogen-bond donors (Lipinski definition) is 0. The zero-order valence-electron chi connectivity index (χ0n) is 14.1. The van der Waals surface area contributed by atoms with Crippen LogP contribution in [0.15, 0.2) is 6.20 Å². The molecule has 0 aliphatic rings. The topological polar surface area (TPSA) is 30.7 Å². The van der Waals surface area contributed by atoms with Gasteiger partial charge in [0.05, 0.1) is 11.9 Å². The second kappa shape index (κ2) is 17.1. The minimum Gasteiger partial charge on any atom is -0.249 e. The summed E-state index contributed by atoms with van der Waals surface area (Å²) in [5.74, 6) is 0. The summed E-state index contributed by atoms with van der Waals surface area (Å²) in [6.45, 7) is 13.5. The molecule has 3 heteroatoms. The second-order valence-electron chi connectivity index (χ2n) is 4.11. The first-order valence-electron chi connectivity index (χ1n) is 8.25. The van der Waals surface area contributed by atoms with Crippen LogP contribution in [0.1, 0.15) is 85.8 Å². The van der Waals surface area contributed by atoms with Crippen molar-refractivity contribution >= 4 is 0 Å². The highest BCUT2D eigenvalue weighted by molar-refractivity contribution is 4.93. The Balaban J connectivity index is 0. The summed E-state index contributed by atoms with van der Waals surface area (Å²) < 4.78 is 2.06. The van der Waals surface area contributed by atoms with Crippen molar-refractivity contribution in [3.05, 3.63) is 11.9 Å². The fourth-order valence-corrected chi connectivity index (χ4v) is 1.70. The van der Waals surface area contributed by atoms with Gasteiger partial charge in [0, 0.05) is 6.54 Å². The van der Waals surface area contributed by atoms with Crippen LogP contribution in [-0.4, -0.2) is 15.0 Å². The molecule has 1 heterocycles. The normalized spacial score (nSPS) is 9.16. The maximum atomic E-state index is 4.12. The van der Waals surface area contributed by atoms with E-state index in [0.29, 0.717) is 0 Å². The van der Waals surface area contributed by atoms with Crippen molar-refractivity contribution in [1.29, 1.82) is 0 Å². The monoisotopic (exact) mass is 269 g/mol. The smallest absolute Gasteiger partial charge is 0.0725 e. The molecule has 0 unspecified atom stereocenters. The molecule has 0 aliphatic carbocycles. The molecule has 0 N–H and O–H groups in total. The van der Waals surface area contributed by atoms with E-state index in [9.17, 15) is 0 Å². The van der Waals surface area contributed by atoms with Crippen molar-refractivity contribution in [3.63, 3.8) is 0 Å². The molecular weight excluding hydrogens is 234 g/mol. The number of rotatable bonds is 8. The lowest BCUT2D eigenvalue weighted by molar-refractivity contribution is 0.524. The Hall–Kier alpha value is -0.860. The quantitative estimate of drug-likeness (QED) is 0.603. The molecule has 0 aromatic carbocycles. The van der Waals surface area contributed by atoms with Crippen molar-refractivity contribution in [3.8, 4) is 0 Å². The third kappa shape index (κ3) is 10.7. The van der Waals surface area contributed by atoms with Gasteiger partial charge in [-0.3, -0.25) is 0 Å². The first-order valence-corrected chi connectivity index (χ1v) is 8.25. The van der Waals surface area contributed by atoms with E-state index in [1.807, 2.05) is 33.9 Å². The molecular formula is C16H35N3. The van der Waals surface area contributed by atoms with Gasteiger partial charge >= 0.3 is 0 Å². The van der Waals surface area contributed by atoms with Crippen molar-refractivity contribution in [1.82, 2.24) is 15.0 Å². The van der Waals surface area contributed by atoms with Gasteiger partial charge in [0.2, 0.25) is 0 Å². The Morgan fingerprint density at radius 2 is 1.53 bits per heavy atom. The van der Waals surface area contributed by atoms with E-state index < -0.39 is 0 Å². The zero-order chi connectivity index (χ0) is 14.9. The molecule has 1 aromatic heterocycles. The number of nitrogens with zero attached hydrogens (tertiary/aromatic N) is 3. The summed E-state index contributed by atoms with van der Waals surface area (Å²) in [6, 6.07) is 0. The lowest BCUT2D eigenvalue weighted by Crippen LogP contribution is -2.05. The van der Waals surface area contributed by atoms with Crippen molar-refractivity contribution < 1.29 is 0 Å². The Morgan fingerprint density at radius 3 is 2.11 bits per heavy atom. The van der Waals surface area contributed by atoms with Gasteiger partial charge in [0.25, 0.3) is 0 Å². The number of aryl methyl sites for hydroxylation is 2. The molecule has 0 aliphatic heterocycles. The summed E-state index contributed by atoms with van der Waals surface area (Å²) >= 11 is 0. The molecule has 0 saturated carbocycles. The van der Waals surface area contributed by atoms with Crippen LogP contribution in [0.4, 0.5) is 0 Å². The van der Waals surface area contributed by atoms with Gasteiger partial charge in [0.15, 0.2) is 0 Å². The van der Waals surface area contributed by atoms with Gasteiger partial charge in [0.1, 0.15) is 0 Å². The molecule has 0 saturated heterocycles. The minimum atomic E-state index is 1.03. The van der Waals surface area contributed by atoms with Crippen molar-refractivity contribution in [2.45, 2.75) is 93.0 Å². The standard InChI is InChI=1S/C12H23N3.2C2H6/c1-3-5-7-8-9-12-11-13-14-15(12)10-6-4-2;2*1-2/h11H,3-10H2,1-2H3;2*1-2H3. The average molecular weight is 269 g/mol. The molecule has 0 atom stereocenters. The van der Waals surface area contributed by atoms with E-state index >= 15 is 0 Å². The third-order valence-electron chi connectivity index (χ3n) is 2.71. The maximum Gasteiger partial charge on any atom is 0.0725 e. The van der Waals surface area contributed by atoms with E-state index in [1.54, 1.807) is 0 Å². The van der Waals surface area contributed by atoms with E-state index in [1.165, 1.54) is 44.2 Å². The molecule has 3 nitrogen and oxygen atoms in total. The van der Waals surface area contributed by atoms with E-state index in [-0.39, 0.29) is 0 Å². The fourth-order valence-electron chi connectivity index (χ4n) is 1.70. The first kappa shape index (κ1) is 20.5. The highest BCUT2D eigenvalue weighted by atomic mass is 15.4. The molecule has 1 rings (SSSR count). The Morgan fingerprint density at radius 1 is 0.895 bits per heavy atom. The third-order valence-corrected chi connectivity index (χ3v) is 2.71. The van der Waals surface area contributed by atoms with Gasteiger partial charge in [-0.1, -0.05) is 72.4 Å². The second-order valence-corrected chi connectivity index (χ2v) is 4.11. The lowest BCUT2D eigenvalue weighted by atomic mass is 10.1. The Bertz CT molecular complexity index is 256. The predicted molar refractivity (Wildman–Crippen MR) is 85.5 cm³/mol. The van der Waals surface area contributed by atoms with Crippen LogP contribution >= 0.6 is 0 Å². The Labute approximate surface area is 120 Å². The van der Waals surface area contributed by atoms with Crippen LogP contribution < -0.4 is 0 Å². The summed E-state index contributed by atoms with van der Waals surface area (Å²) in [4.78, 5) is 0. The average Bonchev–Trinajstić information content (AvgIpc) is 2.93. The summed E-state index contributed by atoms with van der Waals surface area (Å²) in [7, 11) is 0. The Kier molecular flexibility index (Phi) is 18.5. The summed E-state index contributed by atoms with van der Waals surface area (Å²) in [6.07, 6.45) is 10.7. The predicted octanol–water partition coefficient (Wildman–Crippen LogP) is 5.25. The molecule has 19 heavy (non-hydrogen) atoms. The maximum absolute atomic E-state index is 4.12. The van der Waals surface area contributed by atoms with Crippen LogP contribution in [0.5, 0.6) is 0 Å². The molecule has 114 valence electrons. The van der Waals surface area contributed by atoms with Gasteiger partial charge in [-0.05, 0) is 19.3 Å². The minimum absolute atomic E-state index is 1.03. The summed E-state index contributed by atoms with van der Waals surface area (Å²) in [5, 5.41) is 8.11. The van der Waals surface area contributed by atoms with E-state index in [4.69, 9.17) is 0 Å². The highest BCUT2D eigenvalue weighted by Crippen LogP contribution is 2.07. The van der Waals surface area contributed by atoms with Crippen LogP contribution in [0, 0.1) is 0 Å². The van der Waals surface area contributed by atoms with Crippen molar-refractivity contribution in [2.24, 2.45) is 0 Å². The zero-order valence-corrected chi connectivity index (χ0v) is 14.1. The molecule has 0 amide bonds. The number of hydrogen-bond acceptors (Lipinski definition) is 2. The van der Waals surface area contributed by atoms with Crippen LogP contribution in [-0.2, 0) is 13.0 Å². The number of aromatic nitrogens is 3. The van der Waals surface area contributed by atoms with E-state index in [0.717, 1.165) is 13.0 Å². The highest BCUT2D eigenvalue weighted by Gasteiger charge is 2.02. The van der Waals surface area contributed by atoms with Crippen LogP contribution in [0.2, 0.25) is 0 Å². The van der Waals surface area contributed by atoms with Crippen LogP contribution in [0.3, 0.4) is 0 Å². The molecule has 0 spiro atoms. The molecule has 0 bridgehead atoms. The van der Waals surface area contributed by atoms with Crippen molar-refractivity contribution in [2.75, 3.05) is 0 Å². The lowest BCUT2D eigenvalue weighted by Gasteiger charge is -2.04. The van der Waals surface area contributed by atoms with Crippen LogP contribution in [0.25, 0.3) is 0 Å². The summed E-state index contributed by atoms with van der Waals surface area (Å²) in [5.41, 5.74) is 1.31. The van der Waals surface area contributed by atoms with Gasteiger partial charge in [-0.15, -0.1) is 5.10 Å². The SMILES string of the molecule is CC.CC.CCCCCCc1cnnn1CCCC. The molecule has 1 aromatic rings. The van der Waals surface area contributed by atoms with Gasteiger partial charge < -0.3 is 0 Å². The first-order chi connectivity index (χ1) is 9.38. The van der Waals surface area contributed by atoms with Gasteiger partial charge in [-0.25, -0.2) is 4.68 Å². The van der Waals surface area contributed by atoms with Gasteiger partial charge in [-0.2, -0.15) is 0 Å². The largest absolute Gasteiger partial charge is 0.249 e. The van der Waals surface area contributed by atoms with E-state index in [2.05, 4.69) is 28.8 Å². The molecule has 0 radical (unpaired) electrons.